The number of benzene rings is 2. The minimum absolute atomic E-state index is 0.297. The molecule has 11 heteroatoms. The van der Waals surface area contributed by atoms with Crippen molar-refractivity contribution in [2.45, 2.75) is 18.0 Å². The molecule has 5 rings (SSSR count). The van der Waals surface area contributed by atoms with Gasteiger partial charge in [0.05, 0.1) is 38.9 Å². The quantitative estimate of drug-likeness (QED) is 0.395. The Morgan fingerprint density at radius 3 is 2.50 bits per heavy atom. The smallest absolute Gasteiger partial charge is 0.326 e. The van der Waals surface area contributed by atoms with Crippen molar-refractivity contribution in [1.82, 2.24) is 5.32 Å². The van der Waals surface area contributed by atoms with E-state index in [-0.39, 0.29) is 0 Å². The van der Waals surface area contributed by atoms with Gasteiger partial charge in [-0.2, -0.15) is 11.8 Å². The first-order valence-electron chi connectivity index (χ1n) is 12.2. The molecule has 0 bridgehead atoms. The molecule has 2 aromatic carbocycles. The van der Waals surface area contributed by atoms with Crippen molar-refractivity contribution in [2.75, 3.05) is 51.5 Å². The number of nitrogens with one attached hydrogen (secondary N) is 1. The summed E-state index contributed by atoms with van der Waals surface area (Å²) < 4.78 is 27.5. The molecule has 2 aromatic rings. The SMILES string of the molecule is COC(=O)[C@]1(CCSC)N[C@H](c2ccc(OC)cc2OC)[C@H]2C(=O)N(c3ccc4c(c3)OCCO4)C(=O)[C@@H]21. The Morgan fingerprint density at radius 2 is 1.82 bits per heavy atom. The van der Waals surface area contributed by atoms with Crippen LogP contribution in [0.25, 0.3) is 0 Å². The van der Waals surface area contributed by atoms with Gasteiger partial charge < -0.3 is 23.7 Å². The Balaban J connectivity index is 1.64. The molecular weight excluding hydrogens is 512 g/mol. The number of hydrogen-bond donors (Lipinski definition) is 1. The second-order valence-electron chi connectivity index (χ2n) is 9.28. The molecule has 0 aromatic heterocycles. The zero-order valence-corrected chi connectivity index (χ0v) is 22.5. The summed E-state index contributed by atoms with van der Waals surface area (Å²) in [6.07, 6.45) is 2.22. The maximum absolute atomic E-state index is 14.1. The highest BCUT2D eigenvalue weighted by Crippen LogP contribution is 2.53. The summed E-state index contributed by atoms with van der Waals surface area (Å²) in [5, 5.41) is 3.38. The standard InChI is InChI=1S/C27H30N2O8S/c1-33-16-6-7-17(19(14-16)34-2)23-21-22(27(28-23,9-12-38-4)26(32)35-3)25(31)29(24(21)30)15-5-8-18-20(13-15)37-11-10-36-18/h5-8,13-14,21-23,28H,9-12H2,1-4H3/t21-,22+,23+,27+/m0/s1. The largest absolute Gasteiger partial charge is 0.497 e. The lowest BCUT2D eigenvalue weighted by molar-refractivity contribution is -0.152. The van der Waals surface area contributed by atoms with E-state index in [0.29, 0.717) is 59.6 Å². The van der Waals surface area contributed by atoms with Gasteiger partial charge in [-0.05, 0) is 36.6 Å². The molecule has 0 saturated carbocycles. The van der Waals surface area contributed by atoms with Gasteiger partial charge in [0.2, 0.25) is 11.8 Å². The van der Waals surface area contributed by atoms with Gasteiger partial charge in [0.25, 0.3) is 0 Å². The van der Waals surface area contributed by atoms with Crippen molar-refractivity contribution in [3.63, 3.8) is 0 Å². The van der Waals surface area contributed by atoms with Crippen molar-refractivity contribution in [2.24, 2.45) is 11.8 Å². The fourth-order valence-corrected chi connectivity index (χ4v) is 6.26. The average Bonchev–Trinajstić information content (AvgIpc) is 3.44. The first-order valence-corrected chi connectivity index (χ1v) is 13.6. The van der Waals surface area contributed by atoms with E-state index < -0.39 is 41.2 Å². The van der Waals surface area contributed by atoms with E-state index in [0.717, 1.165) is 4.90 Å². The van der Waals surface area contributed by atoms with E-state index in [1.165, 1.54) is 14.2 Å². The van der Waals surface area contributed by atoms with Crippen LogP contribution in [0.15, 0.2) is 36.4 Å². The number of amides is 2. The molecule has 3 heterocycles. The van der Waals surface area contributed by atoms with Crippen LogP contribution in [0.5, 0.6) is 23.0 Å². The number of hydrogen-bond acceptors (Lipinski definition) is 10. The number of methoxy groups -OCH3 is 3. The lowest BCUT2D eigenvalue weighted by atomic mass is 9.77. The van der Waals surface area contributed by atoms with Crippen LogP contribution in [0, 0.1) is 11.8 Å². The first-order chi connectivity index (χ1) is 18.4. The van der Waals surface area contributed by atoms with Gasteiger partial charge in [-0.25, -0.2) is 4.90 Å². The molecule has 10 nitrogen and oxygen atoms in total. The van der Waals surface area contributed by atoms with Crippen LogP contribution >= 0.6 is 11.8 Å². The second-order valence-corrected chi connectivity index (χ2v) is 10.3. The minimum Gasteiger partial charge on any atom is -0.497 e. The normalized spacial score (nSPS) is 25.8. The number of carbonyl (C=O) groups excluding carboxylic acids is 3. The fraction of sp³-hybridized carbons (Fsp3) is 0.444. The highest BCUT2D eigenvalue weighted by molar-refractivity contribution is 7.98. The number of fused-ring (bicyclic) bond motifs is 2. The lowest BCUT2D eigenvalue weighted by Crippen LogP contribution is -2.56. The summed E-state index contributed by atoms with van der Waals surface area (Å²) in [5.74, 6) is -0.695. The van der Waals surface area contributed by atoms with Gasteiger partial charge >= 0.3 is 5.97 Å². The van der Waals surface area contributed by atoms with Crippen LogP contribution in [0.4, 0.5) is 5.69 Å². The maximum atomic E-state index is 14.1. The van der Waals surface area contributed by atoms with Crippen molar-refractivity contribution in [3.05, 3.63) is 42.0 Å². The van der Waals surface area contributed by atoms with E-state index in [1.807, 2.05) is 6.26 Å². The predicted octanol–water partition coefficient (Wildman–Crippen LogP) is 2.59. The molecule has 2 amide bonds. The molecule has 2 fully saturated rings. The molecule has 0 unspecified atom stereocenters. The van der Waals surface area contributed by atoms with Crippen LogP contribution in [-0.4, -0.2) is 69.9 Å². The van der Waals surface area contributed by atoms with E-state index in [9.17, 15) is 14.4 Å². The first kappa shape index (κ1) is 26.2. The van der Waals surface area contributed by atoms with E-state index in [1.54, 1.807) is 55.3 Å². The lowest BCUT2D eigenvalue weighted by Gasteiger charge is -2.32. The summed E-state index contributed by atoms with van der Waals surface area (Å²) in [6, 6.07) is 9.54. The summed E-state index contributed by atoms with van der Waals surface area (Å²) in [6.45, 7) is 0.791. The summed E-state index contributed by atoms with van der Waals surface area (Å²) in [5.41, 5.74) is -0.404. The highest BCUT2D eigenvalue weighted by atomic mass is 32.2. The molecule has 0 aliphatic carbocycles. The van der Waals surface area contributed by atoms with Crippen molar-refractivity contribution >= 4 is 35.2 Å². The van der Waals surface area contributed by atoms with Crippen molar-refractivity contribution in [3.8, 4) is 23.0 Å². The third-order valence-electron chi connectivity index (χ3n) is 7.46. The Labute approximate surface area is 224 Å². The van der Waals surface area contributed by atoms with Crippen LogP contribution in [0.3, 0.4) is 0 Å². The van der Waals surface area contributed by atoms with Gasteiger partial charge in [-0.3, -0.25) is 19.7 Å². The summed E-state index contributed by atoms with van der Waals surface area (Å²) >= 11 is 1.54. The van der Waals surface area contributed by atoms with Crippen LogP contribution in [0.2, 0.25) is 0 Å². The molecule has 0 spiro atoms. The van der Waals surface area contributed by atoms with Crippen molar-refractivity contribution in [1.29, 1.82) is 0 Å². The molecule has 3 aliphatic rings. The van der Waals surface area contributed by atoms with Gasteiger partial charge in [0.15, 0.2) is 11.5 Å². The number of nitrogens with zero attached hydrogens (tertiary/aromatic N) is 1. The molecule has 202 valence electrons. The van der Waals surface area contributed by atoms with Gasteiger partial charge in [-0.15, -0.1) is 0 Å². The third-order valence-corrected chi connectivity index (χ3v) is 8.08. The zero-order valence-electron chi connectivity index (χ0n) is 21.6. The Bertz CT molecular complexity index is 1270. The summed E-state index contributed by atoms with van der Waals surface area (Å²) in [4.78, 5) is 42.8. The summed E-state index contributed by atoms with van der Waals surface area (Å²) in [7, 11) is 4.36. The van der Waals surface area contributed by atoms with E-state index >= 15 is 0 Å². The van der Waals surface area contributed by atoms with Gasteiger partial charge in [0.1, 0.15) is 30.3 Å². The number of imide groups is 1. The predicted molar refractivity (Wildman–Crippen MR) is 140 cm³/mol. The molecule has 4 atom stereocenters. The Kier molecular flexibility index (Phi) is 7.15. The zero-order chi connectivity index (χ0) is 27.0. The average molecular weight is 543 g/mol. The fourth-order valence-electron chi connectivity index (χ4n) is 5.74. The molecule has 2 saturated heterocycles. The number of carbonyl (C=O) groups is 3. The number of esters is 1. The monoisotopic (exact) mass is 542 g/mol. The van der Waals surface area contributed by atoms with E-state index in [2.05, 4.69) is 5.32 Å². The Hall–Kier alpha value is -3.44. The Morgan fingerprint density at radius 1 is 1.05 bits per heavy atom. The number of thioether (sulfide) groups is 1. The maximum Gasteiger partial charge on any atom is 0.326 e. The molecule has 38 heavy (non-hydrogen) atoms. The molecular formula is C27H30N2O8S. The number of rotatable bonds is 8. The number of anilines is 1. The molecule has 0 radical (unpaired) electrons. The van der Waals surface area contributed by atoms with Crippen LogP contribution < -0.4 is 29.2 Å². The van der Waals surface area contributed by atoms with Gasteiger partial charge in [0, 0.05) is 23.7 Å². The van der Waals surface area contributed by atoms with Crippen LogP contribution in [-0.2, 0) is 19.1 Å². The van der Waals surface area contributed by atoms with Gasteiger partial charge in [-0.1, -0.05) is 6.07 Å². The minimum atomic E-state index is -1.41. The third kappa shape index (κ3) is 4.04. The second kappa shape index (κ2) is 10.4. The molecule has 1 N–H and O–H groups in total. The topological polar surface area (TPSA) is 113 Å². The highest BCUT2D eigenvalue weighted by Gasteiger charge is 2.69. The van der Waals surface area contributed by atoms with E-state index in [4.69, 9.17) is 23.7 Å². The van der Waals surface area contributed by atoms with Crippen molar-refractivity contribution < 1.29 is 38.1 Å². The molecule has 3 aliphatic heterocycles. The van der Waals surface area contributed by atoms with Crippen LogP contribution in [0.1, 0.15) is 18.0 Å². The number of ether oxygens (including phenoxy) is 5.